The van der Waals surface area contributed by atoms with Crippen LogP contribution >= 0.6 is 11.8 Å². The summed E-state index contributed by atoms with van der Waals surface area (Å²) in [6.45, 7) is 3.60. The maximum atomic E-state index is 12.3. The van der Waals surface area contributed by atoms with Crippen molar-refractivity contribution in [3.63, 3.8) is 0 Å². The molecule has 4 nitrogen and oxygen atoms in total. The minimum absolute atomic E-state index is 0.0646. The Hall–Kier alpha value is -1.49. The number of carbonyl (C=O) groups excluding carboxylic acids is 2. The van der Waals surface area contributed by atoms with Gasteiger partial charge in [-0.25, -0.2) is 0 Å². The second-order valence-corrected chi connectivity index (χ2v) is 7.13. The van der Waals surface area contributed by atoms with E-state index in [0.717, 1.165) is 18.6 Å². The van der Waals surface area contributed by atoms with Crippen LogP contribution < -0.4 is 5.32 Å². The molecule has 2 rings (SSSR count). The van der Waals surface area contributed by atoms with E-state index in [0.29, 0.717) is 24.8 Å². The zero-order chi connectivity index (χ0) is 16.7. The van der Waals surface area contributed by atoms with Gasteiger partial charge in [0.15, 0.2) is 0 Å². The second-order valence-electron chi connectivity index (χ2n) is 6.10. The van der Waals surface area contributed by atoms with Crippen LogP contribution in [0.3, 0.4) is 0 Å². The summed E-state index contributed by atoms with van der Waals surface area (Å²) in [6.07, 6.45) is 1.55. The third-order valence-electron chi connectivity index (χ3n) is 4.43. The molecular formula is C18H26N2O2S. The van der Waals surface area contributed by atoms with E-state index in [1.165, 1.54) is 5.56 Å². The van der Waals surface area contributed by atoms with Gasteiger partial charge in [-0.1, -0.05) is 37.3 Å². The Morgan fingerprint density at radius 2 is 1.91 bits per heavy atom. The number of piperidine rings is 1. The maximum absolute atomic E-state index is 12.3. The highest BCUT2D eigenvalue weighted by Crippen LogP contribution is 2.22. The van der Waals surface area contributed by atoms with Crippen LogP contribution in [0.4, 0.5) is 0 Å². The lowest BCUT2D eigenvalue weighted by Crippen LogP contribution is -2.43. The summed E-state index contributed by atoms with van der Waals surface area (Å²) in [5.74, 6) is 2.29. The van der Waals surface area contributed by atoms with Gasteiger partial charge in [0.05, 0.1) is 5.75 Å². The molecule has 126 valence electrons. The Labute approximate surface area is 143 Å². The SMILES string of the molecule is CNC(=O)C1CCN(C(=O)CSCC(C)c2ccccc2)CC1. The lowest BCUT2D eigenvalue weighted by atomic mass is 9.96. The van der Waals surface area contributed by atoms with E-state index in [1.807, 2.05) is 11.0 Å². The zero-order valence-corrected chi connectivity index (χ0v) is 14.8. The number of hydrogen-bond acceptors (Lipinski definition) is 3. The smallest absolute Gasteiger partial charge is 0.232 e. The third-order valence-corrected chi connectivity index (χ3v) is 5.61. The molecule has 1 saturated heterocycles. The molecule has 1 aliphatic rings. The van der Waals surface area contributed by atoms with Crippen molar-refractivity contribution in [1.82, 2.24) is 10.2 Å². The van der Waals surface area contributed by atoms with Gasteiger partial charge in [0.2, 0.25) is 11.8 Å². The van der Waals surface area contributed by atoms with Crippen molar-refractivity contribution in [3.05, 3.63) is 35.9 Å². The van der Waals surface area contributed by atoms with Gasteiger partial charge in [-0.15, -0.1) is 0 Å². The molecule has 1 fully saturated rings. The number of nitrogens with zero attached hydrogens (tertiary/aromatic N) is 1. The minimum atomic E-state index is 0.0646. The fraction of sp³-hybridized carbons (Fsp3) is 0.556. The quantitative estimate of drug-likeness (QED) is 0.870. The number of likely N-dealkylation sites (tertiary alicyclic amines) is 1. The van der Waals surface area contributed by atoms with Gasteiger partial charge in [-0.2, -0.15) is 11.8 Å². The van der Waals surface area contributed by atoms with Crippen molar-refractivity contribution in [3.8, 4) is 0 Å². The normalized spacial score (nSPS) is 16.9. The highest BCUT2D eigenvalue weighted by Gasteiger charge is 2.26. The molecule has 1 aromatic rings. The van der Waals surface area contributed by atoms with Crippen molar-refractivity contribution in [2.75, 3.05) is 31.6 Å². The molecule has 0 aliphatic carbocycles. The van der Waals surface area contributed by atoms with Crippen molar-refractivity contribution in [2.24, 2.45) is 5.92 Å². The number of rotatable bonds is 6. The number of hydrogen-bond donors (Lipinski definition) is 1. The van der Waals surface area contributed by atoms with Crippen molar-refractivity contribution in [2.45, 2.75) is 25.7 Å². The number of amides is 2. The first-order valence-corrected chi connectivity index (χ1v) is 9.39. The van der Waals surface area contributed by atoms with Crippen LogP contribution in [0, 0.1) is 5.92 Å². The Bertz CT molecular complexity index is 513. The van der Waals surface area contributed by atoms with Gasteiger partial charge in [0, 0.05) is 31.8 Å². The molecular weight excluding hydrogens is 308 g/mol. The summed E-state index contributed by atoms with van der Waals surface area (Å²) in [7, 11) is 1.67. The Balaban J connectivity index is 1.69. The molecule has 1 unspecified atom stereocenters. The third kappa shape index (κ3) is 5.27. The molecule has 1 N–H and O–H groups in total. The summed E-state index contributed by atoms with van der Waals surface area (Å²) in [5, 5.41) is 2.69. The maximum Gasteiger partial charge on any atom is 0.232 e. The number of nitrogens with one attached hydrogen (secondary N) is 1. The Kier molecular flexibility index (Phi) is 6.96. The van der Waals surface area contributed by atoms with E-state index in [2.05, 4.69) is 36.5 Å². The largest absolute Gasteiger partial charge is 0.359 e. The first kappa shape index (κ1) is 17.9. The van der Waals surface area contributed by atoms with E-state index in [9.17, 15) is 9.59 Å². The van der Waals surface area contributed by atoms with Crippen LogP contribution in [0.1, 0.15) is 31.2 Å². The van der Waals surface area contributed by atoms with E-state index in [1.54, 1.807) is 18.8 Å². The van der Waals surface area contributed by atoms with Gasteiger partial charge in [-0.05, 0) is 24.3 Å². The summed E-state index contributed by atoms with van der Waals surface area (Å²) in [4.78, 5) is 25.8. The van der Waals surface area contributed by atoms with Crippen molar-refractivity contribution in [1.29, 1.82) is 0 Å². The lowest BCUT2D eigenvalue weighted by molar-refractivity contribution is -0.133. The van der Waals surface area contributed by atoms with E-state index >= 15 is 0 Å². The molecule has 1 aromatic carbocycles. The number of carbonyl (C=O) groups is 2. The minimum Gasteiger partial charge on any atom is -0.359 e. The molecule has 2 amide bonds. The van der Waals surface area contributed by atoms with Crippen molar-refractivity contribution >= 4 is 23.6 Å². The molecule has 0 bridgehead atoms. The Morgan fingerprint density at radius 3 is 2.52 bits per heavy atom. The first-order chi connectivity index (χ1) is 11.1. The van der Waals surface area contributed by atoms with Crippen LogP contribution in [0.15, 0.2) is 30.3 Å². The predicted octanol–water partition coefficient (Wildman–Crippen LogP) is 2.51. The van der Waals surface area contributed by atoms with Gasteiger partial charge < -0.3 is 10.2 Å². The predicted molar refractivity (Wildman–Crippen MR) is 95.6 cm³/mol. The molecule has 0 saturated carbocycles. The second kappa shape index (κ2) is 8.96. The molecule has 5 heteroatoms. The first-order valence-electron chi connectivity index (χ1n) is 8.24. The fourth-order valence-electron chi connectivity index (χ4n) is 2.89. The van der Waals surface area contributed by atoms with Crippen LogP contribution in [0.25, 0.3) is 0 Å². The van der Waals surface area contributed by atoms with E-state index in [-0.39, 0.29) is 17.7 Å². The van der Waals surface area contributed by atoms with Gasteiger partial charge in [0.25, 0.3) is 0 Å². The summed E-state index contributed by atoms with van der Waals surface area (Å²) in [5.41, 5.74) is 1.32. The number of thioether (sulfide) groups is 1. The standard InChI is InChI=1S/C18H26N2O2S/c1-14(15-6-4-3-5-7-15)12-23-13-17(21)20-10-8-16(9-11-20)18(22)19-2/h3-7,14,16H,8-13H2,1-2H3,(H,19,22). The summed E-state index contributed by atoms with van der Waals surface area (Å²) < 4.78 is 0. The summed E-state index contributed by atoms with van der Waals surface area (Å²) in [6, 6.07) is 10.4. The molecule has 23 heavy (non-hydrogen) atoms. The molecule has 1 atom stereocenters. The summed E-state index contributed by atoms with van der Waals surface area (Å²) >= 11 is 1.70. The van der Waals surface area contributed by atoms with E-state index in [4.69, 9.17) is 0 Å². The number of benzene rings is 1. The average Bonchev–Trinajstić information content (AvgIpc) is 2.61. The van der Waals surface area contributed by atoms with Crippen LogP contribution in [0.2, 0.25) is 0 Å². The monoisotopic (exact) mass is 334 g/mol. The van der Waals surface area contributed by atoms with Gasteiger partial charge in [-0.3, -0.25) is 9.59 Å². The molecule has 1 aliphatic heterocycles. The van der Waals surface area contributed by atoms with Crippen LogP contribution in [0.5, 0.6) is 0 Å². The van der Waals surface area contributed by atoms with Gasteiger partial charge >= 0.3 is 0 Å². The van der Waals surface area contributed by atoms with Gasteiger partial charge in [0.1, 0.15) is 0 Å². The molecule has 0 radical (unpaired) electrons. The molecule has 1 heterocycles. The van der Waals surface area contributed by atoms with Crippen LogP contribution in [-0.2, 0) is 9.59 Å². The topological polar surface area (TPSA) is 49.4 Å². The zero-order valence-electron chi connectivity index (χ0n) is 14.0. The van der Waals surface area contributed by atoms with E-state index < -0.39 is 0 Å². The Morgan fingerprint density at radius 1 is 1.26 bits per heavy atom. The van der Waals surface area contributed by atoms with Crippen LogP contribution in [-0.4, -0.2) is 48.4 Å². The highest BCUT2D eigenvalue weighted by molar-refractivity contribution is 7.99. The van der Waals surface area contributed by atoms with Crippen molar-refractivity contribution < 1.29 is 9.59 Å². The molecule has 0 aromatic heterocycles. The molecule has 0 spiro atoms. The average molecular weight is 334 g/mol. The fourth-order valence-corrected chi connectivity index (χ4v) is 3.91. The lowest BCUT2D eigenvalue weighted by Gasteiger charge is -2.31. The highest BCUT2D eigenvalue weighted by atomic mass is 32.2.